The third-order valence-electron chi connectivity index (χ3n) is 4.52. The molecule has 7 heteroatoms. The van der Waals surface area contributed by atoms with Crippen molar-refractivity contribution >= 4 is 29.6 Å². The molecule has 0 spiro atoms. The third-order valence-corrected chi connectivity index (χ3v) is 4.52. The maximum absolute atomic E-state index is 13.2. The molecule has 2 aromatic rings. The van der Waals surface area contributed by atoms with Gasteiger partial charge in [0.05, 0.1) is 30.9 Å². The van der Waals surface area contributed by atoms with E-state index in [0.717, 1.165) is 0 Å². The van der Waals surface area contributed by atoms with Crippen LogP contribution in [-0.2, 0) is 19.1 Å². The molecule has 29 heavy (non-hydrogen) atoms. The zero-order chi connectivity index (χ0) is 21.1. The summed E-state index contributed by atoms with van der Waals surface area (Å²) in [4.78, 5) is 38.5. The number of carbonyl (C=O) groups is 3. The van der Waals surface area contributed by atoms with Gasteiger partial charge in [-0.25, -0.2) is 14.0 Å². The fourth-order valence-electron chi connectivity index (χ4n) is 3.08. The molecule has 6 nitrogen and oxygen atoms in total. The second-order valence-corrected chi connectivity index (χ2v) is 6.24. The number of benzene rings is 2. The number of hydrogen-bond donors (Lipinski definition) is 0. The van der Waals surface area contributed by atoms with Crippen molar-refractivity contribution in [2.45, 2.75) is 6.92 Å². The van der Waals surface area contributed by atoms with Crippen molar-refractivity contribution in [2.75, 3.05) is 19.1 Å². The minimum Gasteiger partial charge on any atom is -0.465 e. The summed E-state index contributed by atoms with van der Waals surface area (Å²) in [5, 5.41) is 0. The predicted molar refractivity (Wildman–Crippen MR) is 104 cm³/mol. The van der Waals surface area contributed by atoms with Gasteiger partial charge >= 0.3 is 11.9 Å². The van der Waals surface area contributed by atoms with Gasteiger partial charge in [-0.3, -0.25) is 9.69 Å². The molecule has 0 aromatic heterocycles. The van der Waals surface area contributed by atoms with Crippen LogP contribution in [0.4, 0.5) is 10.1 Å². The largest absolute Gasteiger partial charge is 0.465 e. The molecule has 0 fully saturated rings. The van der Waals surface area contributed by atoms with E-state index in [0.29, 0.717) is 22.5 Å². The van der Waals surface area contributed by atoms with E-state index in [1.807, 2.05) is 0 Å². The van der Waals surface area contributed by atoms with Crippen LogP contribution in [0.5, 0.6) is 0 Å². The summed E-state index contributed by atoms with van der Waals surface area (Å²) in [6, 6.07) is 11.8. The first kappa shape index (κ1) is 20.0. The molecule has 148 valence electrons. The van der Waals surface area contributed by atoms with Crippen molar-refractivity contribution in [3.05, 3.63) is 82.3 Å². The van der Waals surface area contributed by atoms with Crippen molar-refractivity contribution < 1.29 is 28.2 Å². The van der Waals surface area contributed by atoms with E-state index in [1.165, 1.54) is 61.6 Å². The molecule has 0 N–H and O–H groups in total. The van der Waals surface area contributed by atoms with Gasteiger partial charge in [-0.05, 0) is 55.0 Å². The van der Waals surface area contributed by atoms with Crippen molar-refractivity contribution in [1.29, 1.82) is 0 Å². The Morgan fingerprint density at radius 3 is 2.07 bits per heavy atom. The zero-order valence-corrected chi connectivity index (χ0v) is 16.1. The summed E-state index contributed by atoms with van der Waals surface area (Å²) in [6.45, 7) is 1.63. The highest BCUT2D eigenvalue weighted by molar-refractivity contribution is 6.23. The van der Waals surface area contributed by atoms with Crippen LogP contribution >= 0.6 is 0 Å². The van der Waals surface area contributed by atoms with Crippen LogP contribution in [-0.4, -0.2) is 32.1 Å². The van der Waals surface area contributed by atoms with E-state index >= 15 is 0 Å². The van der Waals surface area contributed by atoms with Gasteiger partial charge in [0.1, 0.15) is 5.82 Å². The Kier molecular flexibility index (Phi) is 5.59. The van der Waals surface area contributed by atoms with Crippen LogP contribution in [0.2, 0.25) is 0 Å². The first-order chi connectivity index (χ1) is 13.9. The molecule has 3 rings (SSSR count). The second kappa shape index (κ2) is 8.10. The molecule has 0 atom stereocenters. The normalized spacial score (nSPS) is 15.1. The Labute approximate surface area is 166 Å². The van der Waals surface area contributed by atoms with Crippen LogP contribution in [0.3, 0.4) is 0 Å². The third kappa shape index (κ3) is 3.80. The molecule has 0 aliphatic carbocycles. The summed E-state index contributed by atoms with van der Waals surface area (Å²) in [7, 11) is 2.51. The number of hydrogen-bond acceptors (Lipinski definition) is 5. The highest BCUT2D eigenvalue weighted by Gasteiger charge is 2.37. The number of rotatable bonds is 4. The van der Waals surface area contributed by atoms with Crippen LogP contribution in [0.15, 0.2) is 65.4 Å². The van der Waals surface area contributed by atoms with Crippen LogP contribution < -0.4 is 4.90 Å². The lowest BCUT2D eigenvalue weighted by Gasteiger charge is -2.18. The van der Waals surface area contributed by atoms with Gasteiger partial charge in [0.2, 0.25) is 0 Å². The van der Waals surface area contributed by atoms with Crippen molar-refractivity contribution in [3.8, 4) is 0 Å². The van der Waals surface area contributed by atoms with Gasteiger partial charge in [0.15, 0.2) is 0 Å². The molecule has 1 aliphatic heterocycles. The molecule has 0 saturated heterocycles. The van der Waals surface area contributed by atoms with Gasteiger partial charge in [-0.1, -0.05) is 12.1 Å². The topological polar surface area (TPSA) is 72.9 Å². The molecular formula is C22H18FNO5. The summed E-state index contributed by atoms with van der Waals surface area (Å²) < 4.78 is 22.7. The highest BCUT2D eigenvalue weighted by Crippen LogP contribution is 2.35. The Balaban J connectivity index is 2.06. The number of carbonyl (C=O) groups excluding carboxylic acids is 3. The maximum Gasteiger partial charge on any atom is 0.340 e. The first-order valence-corrected chi connectivity index (χ1v) is 8.67. The van der Waals surface area contributed by atoms with E-state index in [4.69, 9.17) is 4.74 Å². The SMILES string of the molecule is COC(=O)C1=C(C)N(c2ccc(C(=O)OC)cc2)C(=O)/C1=C\c1ccc(F)cc1. The smallest absolute Gasteiger partial charge is 0.340 e. The summed E-state index contributed by atoms with van der Waals surface area (Å²) in [5.74, 6) is -1.99. The highest BCUT2D eigenvalue weighted by atomic mass is 19.1. The van der Waals surface area contributed by atoms with Crippen molar-refractivity contribution in [3.63, 3.8) is 0 Å². The van der Waals surface area contributed by atoms with E-state index < -0.39 is 23.7 Å². The van der Waals surface area contributed by atoms with E-state index in [2.05, 4.69) is 4.74 Å². The number of allylic oxidation sites excluding steroid dienone is 1. The average molecular weight is 395 g/mol. The zero-order valence-electron chi connectivity index (χ0n) is 16.1. The molecule has 0 unspecified atom stereocenters. The molecule has 0 saturated carbocycles. The molecule has 0 radical (unpaired) electrons. The molecule has 2 aromatic carbocycles. The number of methoxy groups -OCH3 is 2. The van der Waals surface area contributed by atoms with E-state index in [1.54, 1.807) is 19.1 Å². The van der Waals surface area contributed by atoms with E-state index in [-0.39, 0.29) is 11.1 Å². The van der Waals surface area contributed by atoms with Gasteiger partial charge in [-0.15, -0.1) is 0 Å². The lowest BCUT2D eigenvalue weighted by atomic mass is 10.0. The van der Waals surface area contributed by atoms with Crippen LogP contribution in [0.25, 0.3) is 6.08 Å². The Hall–Kier alpha value is -3.74. The number of ether oxygens (including phenoxy) is 2. The summed E-state index contributed by atoms with van der Waals surface area (Å²) in [5.41, 5.74) is 2.02. The second-order valence-electron chi connectivity index (χ2n) is 6.24. The van der Waals surface area contributed by atoms with Gasteiger partial charge in [0, 0.05) is 11.4 Å². The van der Waals surface area contributed by atoms with Gasteiger partial charge in [-0.2, -0.15) is 0 Å². The fourth-order valence-corrected chi connectivity index (χ4v) is 3.08. The van der Waals surface area contributed by atoms with Crippen molar-refractivity contribution in [2.24, 2.45) is 0 Å². The molecule has 1 amide bonds. The van der Waals surface area contributed by atoms with Crippen LogP contribution in [0.1, 0.15) is 22.8 Å². The number of nitrogens with zero attached hydrogens (tertiary/aromatic N) is 1. The number of halogens is 1. The number of anilines is 1. The van der Waals surface area contributed by atoms with Gasteiger partial charge < -0.3 is 9.47 Å². The molecule has 0 bridgehead atoms. The Bertz CT molecular complexity index is 1040. The predicted octanol–water partition coefficient (Wildman–Crippen LogP) is 3.49. The lowest BCUT2D eigenvalue weighted by Crippen LogP contribution is -2.24. The van der Waals surface area contributed by atoms with Crippen LogP contribution in [0, 0.1) is 5.82 Å². The maximum atomic E-state index is 13.2. The van der Waals surface area contributed by atoms with Gasteiger partial charge in [0.25, 0.3) is 5.91 Å². The number of esters is 2. The Morgan fingerprint density at radius 2 is 1.52 bits per heavy atom. The minimum absolute atomic E-state index is 0.124. The monoisotopic (exact) mass is 395 g/mol. The quantitative estimate of drug-likeness (QED) is 0.585. The first-order valence-electron chi connectivity index (χ1n) is 8.67. The number of amides is 1. The molecule has 1 aliphatic rings. The molecular weight excluding hydrogens is 377 g/mol. The summed E-state index contributed by atoms with van der Waals surface area (Å²) >= 11 is 0. The lowest BCUT2D eigenvalue weighted by molar-refractivity contribution is -0.136. The fraction of sp³-hybridized carbons (Fsp3) is 0.136. The standard InChI is InChI=1S/C22H18FNO5/c1-13-19(22(27)29-3)18(12-14-4-8-16(23)9-5-14)20(25)24(13)17-10-6-15(7-11-17)21(26)28-2/h4-12H,1-3H3/b18-12-. The van der Waals surface area contributed by atoms with Crippen molar-refractivity contribution in [1.82, 2.24) is 0 Å². The molecule has 1 heterocycles. The van der Waals surface area contributed by atoms with E-state index in [9.17, 15) is 18.8 Å². The average Bonchev–Trinajstić information content (AvgIpc) is 2.98. The minimum atomic E-state index is -0.655. The Morgan fingerprint density at radius 1 is 0.931 bits per heavy atom. The summed E-state index contributed by atoms with van der Waals surface area (Å²) in [6.07, 6.45) is 1.51.